The van der Waals surface area contributed by atoms with Crippen LogP contribution in [0.2, 0.25) is 0 Å². The van der Waals surface area contributed by atoms with Crippen LogP contribution in [-0.2, 0) is 0 Å². The summed E-state index contributed by atoms with van der Waals surface area (Å²) in [5.74, 6) is 4.82. The third-order valence-corrected chi connectivity index (χ3v) is 6.57. The Morgan fingerprint density at radius 1 is 1.40 bits per heavy atom. The second kappa shape index (κ2) is 6.46. The van der Waals surface area contributed by atoms with Crippen LogP contribution >= 0.6 is 23.5 Å². The summed E-state index contributed by atoms with van der Waals surface area (Å²) >= 11 is 4.14. The average molecular weight is 307 g/mol. The standard InChI is InChI=1S/C16H21NOS2/c1-3-17-15(14-10-19-7-8-20-14)13-9-12-6-4-5-11(2)16(12)18-13/h4-6,9,14-15,17H,3,7-8,10H2,1-2H3. The van der Waals surface area contributed by atoms with Crippen molar-refractivity contribution < 1.29 is 4.42 Å². The van der Waals surface area contributed by atoms with Crippen LogP contribution in [0.1, 0.15) is 24.3 Å². The van der Waals surface area contributed by atoms with E-state index in [1.165, 1.54) is 28.2 Å². The molecule has 0 saturated carbocycles. The highest BCUT2D eigenvalue weighted by atomic mass is 32.2. The molecule has 1 fully saturated rings. The van der Waals surface area contributed by atoms with Crippen LogP contribution < -0.4 is 5.32 Å². The third kappa shape index (κ3) is 2.87. The maximum absolute atomic E-state index is 6.18. The van der Waals surface area contributed by atoms with Gasteiger partial charge in [0.05, 0.1) is 6.04 Å². The van der Waals surface area contributed by atoms with E-state index in [4.69, 9.17) is 4.42 Å². The molecule has 2 nitrogen and oxygen atoms in total. The molecule has 1 N–H and O–H groups in total. The fourth-order valence-electron chi connectivity index (χ4n) is 2.72. The van der Waals surface area contributed by atoms with Gasteiger partial charge in [0.2, 0.25) is 0 Å². The van der Waals surface area contributed by atoms with Crippen molar-refractivity contribution in [2.75, 3.05) is 23.8 Å². The summed E-state index contributed by atoms with van der Waals surface area (Å²) in [6, 6.07) is 8.90. The third-order valence-electron chi connectivity index (χ3n) is 3.70. The Morgan fingerprint density at radius 2 is 2.30 bits per heavy atom. The summed E-state index contributed by atoms with van der Waals surface area (Å²) in [5, 5.41) is 5.45. The number of furan rings is 1. The summed E-state index contributed by atoms with van der Waals surface area (Å²) in [4.78, 5) is 0. The molecule has 1 aliphatic heterocycles. The van der Waals surface area contributed by atoms with E-state index in [-0.39, 0.29) is 0 Å². The number of fused-ring (bicyclic) bond motifs is 1. The highest BCUT2D eigenvalue weighted by Crippen LogP contribution is 2.36. The fourth-order valence-corrected chi connectivity index (χ4v) is 5.56. The van der Waals surface area contributed by atoms with Gasteiger partial charge >= 0.3 is 0 Å². The Morgan fingerprint density at radius 3 is 3.00 bits per heavy atom. The van der Waals surface area contributed by atoms with Crippen LogP contribution in [0.4, 0.5) is 0 Å². The number of nitrogens with one attached hydrogen (secondary N) is 1. The molecule has 2 atom stereocenters. The molecule has 3 rings (SSSR count). The molecule has 1 aromatic carbocycles. The van der Waals surface area contributed by atoms with Gasteiger partial charge in [-0.3, -0.25) is 0 Å². The van der Waals surface area contributed by atoms with Crippen LogP contribution in [0.5, 0.6) is 0 Å². The molecule has 2 heterocycles. The van der Waals surface area contributed by atoms with Crippen molar-refractivity contribution in [3.05, 3.63) is 35.6 Å². The summed E-state index contributed by atoms with van der Waals surface area (Å²) in [6.07, 6.45) is 0. The molecule has 1 saturated heterocycles. The Hall–Kier alpha value is -0.580. The largest absolute Gasteiger partial charge is 0.459 e. The number of rotatable bonds is 4. The summed E-state index contributed by atoms with van der Waals surface area (Å²) < 4.78 is 6.18. The predicted octanol–water partition coefficient (Wildman–Crippen LogP) is 4.24. The Kier molecular flexibility index (Phi) is 4.64. The van der Waals surface area contributed by atoms with E-state index in [9.17, 15) is 0 Å². The minimum Gasteiger partial charge on any atom is -0.459 e. The van der Waals surface area contributed by atoms with Gasteiger partial charge in [-0.15, -0.1) is 0 Å². The molecule has 1 aromatic heterocycles. The lowest BCUT2D eigenvalue weighted by atomic mass is 10.1. The van der Waals surface area contributed by atoms with Crippen LogP contribution in [0.25, 0.3) is 11.0 Å². The van der Waals surface area contributed by atoms with E-state index in [1.54, 1.807) is 0 Å². The van der Waals surface area contributed by atoms with Gasteiger partial charge in [-0.2, -0.15) is 23.5 Å². The van der Waals surface area contributed by atoms with Gasteiger partial charge in [-0.1, -0.05) is 25.1 Å². The van der Waals surface area contributed by atoms with Crippen molar-refractivity contribution in [3.8, 4) is 0 Å². The van der Waals surface area contributed by atoms with Gasteiger partial charge in [0.1, 0.15) is 11.3 Å². The summed E-state index contributed by atoms with van der Waals surface area (Å²) in [6.45, 7) is 5.26. The molecular weight excluding hydrogens is 286 g/mol. The molecule has 0 radical (unpaired) electrons. The van der Waals surface area contributed by atoms with Crippen LogP contribution in [0, 0.1) is 6.92 Å². The predicted molar refractivity (Wildman–Crippen MR) is 90.9 cm³/mol. The number of hydrogen-bond acceptors (Lipinski definition) is 4. The van der Waals surface area contributed by atoms with E-state index in [1.807, 2.05) is 0 Å². The van der Waals surface area contributed by atoms with Crippen LogP contribution in [0.3, 0.4) is 0 Å². The average Bonchev–Trinajstić information content (AvgIpc) is 2.91. The van der Waals surface area contributed by atoms with Crippen molar-refractivity contribution in [3.63, 3.8) is 0 Å². The first-order chi connectivity index (χ1) is 9.79. The highest BCUT2D eigenvalue weighted by molar-refractivity contribution is 8.06. The molecule has 4 heteroatoms. The summed E-state index contributed by atoms with van der Waals surface area (Å²) in [7, 11) is 0. The zero-order valence-corrected chi connectivity index (χ0v) is 13.7. The first-order valence-electron chi connectivity index (χ1n) is 7.21. The number of hydrogen-bond donors (Lipinski definition) is 1. The van der Waals surface area contributed by atoms with Gasteiger partial charge in [0.25, 0.3) is 0 Å². The van der Waals surface area contributed by atoms with E-state index < -0.39 is 0 Å². The van der Waals surface area contributed by atoms with Crippen molar-refractivity contribution in [1.82, 2.24) is 5.32 Å². The lowest BCUT2D eigenvalue weighted by molar-refractivity contribution is 0.435. The number of para-hydroxylation sites is 1. The molecule has 0 bridgehead atoms. The zero-order chi connectivity index (χ0) is 13.9. The van der Waals surface area contributed by atoms with E-state index in [0.717, 1.165) is 17.9 Å². The zero-order valence-electron chi connectivity index (χ0n) is 12.0. The van der Waals surface area contributed by atoms with Crippen molar-refractivity contribution in [1.29, 1.82) is 0 Å². The monoisotopic (exact) mass is 307 g/mol. The quantitative estimate of drug-likeness (QED) is 0.913. The molecule has 20 heavy (non-hydrogen) atoms. The molecule has 1 aliphatic rings. The first-order valence-corrected chi connectivity index (χ1v) is 9.41. The van der Waals surface area contributed by atoms with E-state index in [2.05, 4.69) is 67.0 Å². The molecule has 108 valence electrons. The molecule has 0 amide bonds. The van der Waals surface area contributed by atoms with Gasteiger partial charge < -0.3 is 9.73 Å². The van der Waals surface area contributed by atoms with Gasteiger partial charge in [0, 0.05) is 27.9 Å². The normalized spacial score (nSPS) is 21.2. The molecular formula is C16H21NOS2. The second-order valence-corrected chi connectivity index (χ2v) is 7.66. The minimum absolute atomic E-state index is 0.324. The lowest BCUT2D eigenvalue weighted by Crippen LogP contribution is -2.33. The van der Waals surface area contributed by atoms with Gasteiger partial charge in [-0.25, -0.2) is 0 Å². The maximum atomic E-state index is 6.18. The number of aryl methyl sites for hydroxylation is 1. The Bertz CT molecular complexity index is 575. The minimum atomic E-state index is 0.324. The molecule has 2 unspecified atom stereocenters. The first kappa shape index (κ1) is 14.4. The fraction of sp³-hybridized carbons (Fsp3) is 0.500. The summed E-state index contributed by atoms with van der Waals surface area (Å²) in [5.41, 5.74) is 2.26. The number of benzene rings is 1. The van der Waals surface area contributed by atoms with Crippen molar-refractivity contribution >= 4 is 34.5 Å². The van der Waals surface area contributed by atoms with Gasteiger partial charge in [0.15, 0.2) is 0 Å². The smallest absolute Gasteiger partial charge is 0.137 e. The lowest BCUT2D eigenvalue weighted by Gasteiger charge is -2.28. The van der Waals surface area contributed by atoms with Gasteiger partial charge in [-0.05, 0) is 25.1 Å². The highest BCUT2D eigenvalue weighted by Gasteiger charge is 2.28. The topological polar surface area (TPSA) is 25.2 Å². The van der Waals surface area contributed by atoms with E-state index in [0.29, 0.717) is 11.3 Å². The number of thioether (sulfide) groups is 2. The SMILES string of the molecule is CCNC(c1cc2cccc(C)c2o1)C1CSCCS1. The molecule has 0 aliphatic carbocycles. The maximum Gasteiger partial charge on any atom is 0.137 e. The van der Waals surface area contributed by atoms with Crippen molar-refractivity contribution in [2.24, 2.45) is 0 Å². The van der Waals surface area contributed by atoms with Crippen molar-refractivity contribution in [2.45, 2.75) is 25.1 Å². The molecule has 0 spiro atoms. The second-order valence-electron chi connectivity index (χ2n) is 5.16. The van der Waals surface area contributed by atoms with E-state index >= 15 is 0 Å². The van der Waals surface area contributed by atoms with Crippen LogP contribution in [-0.4, -0.2) is 29.1 Å². The molecule has 2 aromatic rings. The Labute approximate surface area is 129 Å². The van der Waals surface area contributed by atoms with Crippen LogP contribution in [0.15, 0.2) is 28.7 Å². The Balaban J connectivity index is 1.93.